The van der Waals surface area contributed by atoms with Crippen LogP contribution in [0.2, 0.25) is 0 Å². The number of hydrogen-bond acceptors (Lipinski definition) is 4. The van der Waals surface area contributed by atoms with Gasteiger partial charge in [0.25, 0.3) is 0 Å². The van der Waals surface area contributed by atoms with Crippen molar-refractivity contribution in [2.45, 2.75) is 38.9 Å². The maximum atomic E-state index is 11.0. The molecule has 0 aromatic heterocycles. The average Bonchev–Trinajstić information content (AvgIpc) is 2.65. The highest BCUT2D eigenvalue weighted by Crippen LogP contribution is 2.37. The first-order valence-corrected chi connectivity index (χ1v) is 7.09. The van der Waals surface area contributed by atoms with Crippen LogP contribution < -0.4 is 15.1 Å². The number of carboxylic acid groups (broad SMARTS) is 1. The second-order valence-electron chi connectivity index (χ2n) is 6.36. The first kappa shape index (κ1) is 16.6. The Balaban J connectivity index is 2.35. The molecule has 0 radical (unpaired) electrons. The van der Waals surface area contributed by atoms with Gasteiger partial charge in [0.2, 0.25) is 0 Å². The van der Waals surface area contributed by atoms with Crippen LogP contribution >= 0.6 is 0 Å². The molecule has 1 N–H and O–H groups in total. The molecular formula is C15H22BNO5. The fourth-order valence-electron chi connectivity index (χ4n) is 2.18. The van der Waals surface area contributed by atoms with Crippen LogP contribution in [0.15, 0.2) is 18.2 Å². The van der Waals surface area contributed by atoms with Crippen molar-refractivity contribution in [3.8, 4) is 5.75 Å². The van der Waals surface area contributed by atoms with Crippen LogP contribution in [0.5, 0.6) is 5.75 Å². The topological polar surface area (TPSA) is 68.2 Å². The van der Waals surface area contributed by atoms with Crippen molar-refractivity contribution in [2.24, 2.45) is 0 Å². The highest BCUT2D eigenvalue weighted by molar-refractivity contribution is 6.63. The maximum Gasteiger partial charge on any atom is 0.498 e. The van der Waals surface area contributed by atoms with E-state index < -0.39 is 24.4 Å². The van der Waals surface area contributed by atoms with Crippen molar-refractivity contribution in [1.82, 2.24) is 0 Å². The van der Waals surface area contributed by atoms with Gasteiger partial charge in [0, 0.05) is 18.6 Å². The Morgan fingerprint density at radius 3 is 2.23 bits per heavy atom. The predicted molar refractivity (Wildman–Crippen MR) is 85.1 cm³/mol. The third kappa shape index (κ3) is 2.78. The van der Waals surface area contributed by atoms with E-state index in [4.69, 9.17) is 19.2 Å². The normalized spacial score (nSPS) is 19.1. The van der Waals surface area contributed by atoms with Crippen molar-refractivity contribution >= 4 is 24.4 Å². The van der Waals surface area contributed by atoms with Crippen LogP contribution in [0, 0.1) is 0 Å². The minimum atomic E-state index is -1.04. The molecule has 0 spiro atoms. The van der Waals surface area contributed by atoms with E-state index in [1.54, 1.807) is 18.2 Å². The van der Waals surface area contributed by atoms with Gasteiger partial charge < -0.3 is 19.2 Å². The van der Waals surface area contributed by atoms with Crippen molar-refractivity contribution in [3.63, 3.8) is 0 Å². The molecule has 2 rings (SSSR count). The van der Waals surface area contributed by atoms with Crippen molar-refractivity contribution < 1.29 is 23.9 Å². The van der Waals surface area contributed by atoms with Gasteiger partial charge in [0.1, 0.15) is 5.75 Å². The molecular weight excluding hydrogens is 285 g/mol. The highest BCUT2D eigenvalue weighted by atomic mass is 16.7. The Bertz CT molecular complexity index is 571. The SMILES string of the molecule is COc1cc(N(C)C(=O)O)ccc1B1OC(C)(C)C(C)(C)O1. The van der Waals surface area contributed by atoms with Gasteiger partial charge in [-0.05, 0) is 33.8 Å². The number of amides is 1. The van der Waals surface area contributed by atoms with Gasteiger partial charge in [-0.15, -0.1) is 0 Å². The lowest BCUT2D eigenvalue weighted by atomic mass is 9.78. The Kier molecular flexibility index (Phi) is 4.15. The van der Waals surface area contributed by atoms with Gasteiger partial charge in [-0.3, -0.25) is 4.90 Å². The lowest BCUT2D eigenvalue weighted by molar-refractivity contribution is 0.00578. The quantitative estimate of drug-likeness (QED) is 0.866. The molecule has 1 heterocycles. The molecule has 0 aliphatic carbocycles. The van der Waals surface area contributed by atoms with Crippen LogP contribution in [0.3, 0.4) is 0 Å². The van der Waals surface area contributed by atoms with Gasteiger partial charge in [-0.2, -0.15) is 0 Å². The van der Waals surface area contributed by atoms with E-state index in [1.165, 1.54) is 14.2 Å². The van der Waals surface area contributed by atoms with Crippen LogP contribution in [0.1, 0.15) is 27.7 Å². The number of methoxy groups -OCH3 is 1. The summed E-state index contributed by atoms with van der Waals surface area (Å²) in [7, 11) is 2.46. The first-order chi connectivity index (χ1) is 10.1. The third-order valence-electron chi connectivity index (χ3n) is 4.40. The molecule has 1 aromatic carbocycles. The third-order valence-corrected chi connectivity index (χ3v) is 4.40. The van der Waals surface area contributed by atoms with Gasteiger partial charge in [-0.25, -0.2) is 4.79 Å². The number of benzene rings is 1. The van der Waals surface area contributed by atoms with E-state index in [2.05, 4.69) is 0 Å². The molecule has 0 atom stereocenters. The standard InChI is InChI=1S/C15H22BNO5/c1-14(2)15(3,4)22-16(21-14)11-8-7-10(9-12(11)20-6)17(5)13(18)19/h7-9H,1-6H3,(H,18,19). The zero-order valence-corrected chi connectivity index (χ0v) is 13.8. The Hall–Kier alpha value is -1.73. The summed E-state index contributed by atoms with van der Waals surface area (Å²) in [4.78, 5) is 12.2. The summed E-state index contributed by atoms with van der Waals surface area (Å²) in [5.41, 5.74) is 0.367. The van der Waals surface area contributed by atoms with Gasteiger partial charge in [0.15, 0.2) is 0 Å². The molecule has 1 amide bonds. The van der Waals surface area contributed by atoms with E-state index in [0.717, 1.165) is 10.4 Å². The maximum absolute atomic E-state index is 11.0. The largest absolute Gasteiger partial charge is 0.498 e. The second-order valence-corrected chi connectivity index (χ2v) is 6.36. The minimum Gasteiger partial charge on any atom is -0.497 e. The first-order valence-electron chi connectivity index (χ1n) is 7.09. The molecule has 1 fully saturated rings. The van der Waals surface area contributed by atoms with Crippen molar-refractivity contribution in [3.05, 3.63) is 18.2 Å². The molecule has 6 nitrogen and oxygen atoms in total. The van der Waals surface area contributed by atoms with Crippen molar-refractivity contribution in [2.75, 3.05) is 19.1 Å². The molecule has 0 saturated carbocycles. The smallest absolute Gasteiger partial charge is 0.497 e. The van der Waals surface area contributed by atoms with Crippen LogP contribution in [0.25, 0.3) is 0 Å². The number of ether oxygens (including phenoxy) is 1. The second kappa shape index (κ2) is 5.48. The monoisotopic (exact) mass is 307 g/mol. The van der Waals surface area contributed by atoms with Gasteiger partial charge in [0.05, 0.1) is 24.0 Å². The predicted octanol–water partition coefficient (Wildman–Crippen LogP) is 2.11. The zero-order chi connectivity index (χ0) is 16.7. The zero-order valence-electron chi connectivity index (χ0n) is 13.8. The number of carbonyl (C=O) groups is 1. The molecule has 1 aliphatic heterocycles. The molecule has 1 aromatic rings. The summed E-state index contributed by atoms with van der Waals surface area (Å²) >= 11 is 0. The van der Waals surface area contributed by atoms with E-state index >= 15 is 0 Å². The summed E-state index contributed by atoms with van der Waals surface area (Å²) in [5, 5.41) is 9.05. The Morgan fingerprint density at radius 1 is 1.23 bits per heavy atom. The molecule has 1 saturated heterocycles. The highest BCUT2D eigenvalue weighted by Gasteiger charge is 2.52. The van der Waals surface area contributed by atoms with Gasteiger partial charge >= 0.3 is 13.2 Å². The number of anilines is 1. The van der Waals surface area contributed by atoms with Gasteiger partial charge in [-0.1, -0.05) is 6.07 Å². The average molecular weight is 307 g/mol. The summed E-state index contributed by atoms with van der Waals surface area (Å²) in [5.74, 6) is 0.532. The van der Waals surface area contributed by atoms with E-state index in [1.807, 2.05) is 27.7 Å². The molecule has 22 heavy (non-hydrogen) atoms. The molecule has 0 unspecified atom stereocenters. The van der Waals surface area contributed by atoms with E-state index in [9.17, 15) is 4.79 Å². The number of rotatable bonds is 3. The van der Waals surface area contributed by atoms with Crippen LogP contribution in [-0.2, 0) is 9.31 Å². The van der Waals surface area contributed by atoms with E-state index in [0.29, 0.717) is 11.4 Å². The number of hydrogen-bond donors (Lipinski definition) is 1. The fourth-order valence-corrected chi connectivity index (χ4v) is 2.18. The van der Waals surface area contributed by atoms with E-state index in [-0.39, 0.29) is 0 Å². The lowest BCUT2D eigenvalue weighted by Crippen LogP contribution is -2.41. The van der Waals surface area contributed by atoms with Crippen LogP contribution in [-0.4, -0.2) is 43.7 Å². The molecule has 1 aliphatic rings. The summed E-state index contributed by atoms with van der Waals surface area (Å²) in [6, 6.07) is 5.14. The molecule has 7 heteroatoms. The Morgan fingerprint density at radius 2 is 1.77 bits per heavy atom. The minimum absolute atomic E-state index is 0.445. The van der Waals surface area contributed by atoms with Crippen molar-refractivity contribution in [1.29, 1.82) is 0 Å². The van der Waals surface area contributed by atoms with Crippen LogP contribution in [0.4, 0.5) is 10.5 Å². The summed E-state index contributed by atoms with van der Waals surface area (Å²) in [6.07, 6.45) is -1.04. The lowest BCUT2D eigenvalue weighted by Gasteiger charge is -2.32. The Labute approximate surface area is 131 Å². The number of nitrogens with zero attached hydrogens (tertiary/aromatic N) is 1. The fraction of sp³-hybridized carbons (Fsp3) is 0.533. The molecule has 120 valence electrons. The summed E-state index contributed by atoms with van der Waals surface area (Å²) < 4.78 is 17.4. The summed E-state index contributed by atoms with van der Waals surface area (Å²) in [6.45, 7) is 7.91. The molecule has 0 bridgehead atoms.